The standard InChI is InChI=1S/C21H29N3O3/c25-19(16-17-6-2-1-3-7-17)22-11-8-20(26)23-14-9-18(10-15-23)21(27)24-12-4-5-13-24/h1-3,6-7,18H,4-5,8-16H2,(H,22,25). The predicted octanol–water partition coefficient (Wildman–Crippen LogP) is 1.60. The summed E-state index contributed by atoms with van der Waals surface area (Å²) in [5.41, 5.74) is 0.964. The van der Waals surface area contributed by atoms with Crippen molar-refractivity contribution in [3.8, 4) is 0 Å². The summed E-state index contributed by atoms with van der Waals surface area (Å²) in [4.78, 5) is 40.5. The van der Waals surface area contributed by atoms with Crippen molar-refractivity contribution in [1.29, 1.82) is 0 Å². The molecule has 0 atom stereocenters. The quantitative estimate of drug-likeness (QED) is 0.826. The lowest BCUT2D eigenvalue weighted by molar-refractivity contribution is -0.140. The van der Waals surface area contributed by atoms with Gasteiger partial charge in [0.25, 0.3) is 0 Å². The Morgan fingerprint density at radius 3 is 2.26 bits per heavy atom. The molecule has 2 saturated heterocycles. The molecule has 2 aliphatic rings. The number of amides is 3. The molecule has 146 valence electrons. The van der Waals surface area contributed by atoms with Crippen LogP contribution in [0.2, 0.25) is 0 Å². The van der Waals surface area contributed by atoms with E-state index in [9.17, 15) is 14.4 Å². The Kier molecular flexibility index (Phi) is 6.85. The van der Waals surface area contributed by atoms with Gasteiger partial charge in [0, 0.05) is 45.1 Å². The number of carbonyl (C=O) groups excluding carboxylic acids is 3. The number of hydrogen-bond acceptors (Lipinski definition) is 3. The van der Waals surface area contributed by atoms with Gasteiger partial charge in [-0.1, -0.05) is 30.3 Å². The Labute approximate surface area is 160 Å². The third kappa shape index (κ3) is 5.55. The van der Waals surface area contributed by atoms with Gasteiger partial charge in [0.2, 0.25) is 17.7 Å². The van der Waals surface area contributed by atoms with E-state index in [1.165, 1.54) is 0 Å². The Hall–Kier alpha value is -2.37. The van der Waals surface area contributed by atoms with Crippen molar-refractivity contribution in [3.63, 3.8) is 0 Å². The van der Waals surface area contributed by atoms with E-state index in [0.717, 1.165) is 44.3 Å². The molecule has 3 rings (SSSR count). The van der Waals surface area contributed by atoms with Gasteiger partial charge in [0.15, 0.2) is 0 Å². The van der Waals surface area contributed by atoms with Crippen LogP contribution in [0.3, 0.4) is 0 Å². The maximum absolute atomic E-state index is 12.4. The van der Waals surface area contributed by atoms with Crippen molar-refractivity contribution in [2.75, 3.05) is 32.7 Å². The topological polar surface area (TPSA) is 69.7 Å². The van der Waals surface area contributed by atoms with E-state index in [1.54, 1.807) is 0 Å². The number of carbonyl (C=O) groups is 3. The van der Waals surface area contributed by atoms with Gasteiger partial charge in [-0.3, -0.25) is 14.4 Å². The third-order valence-corrected chi connectivity index (χ3v) is 5.48. The second-order valence-corrected chi connectivity index (χ2v) is 7.45. The average molecular weight is 371 g/mol. The lowest BCUT2D eigenvalue weighted by Crippen LogP contribution is -2.44. The lowest BCUT2D eigenvalue weighted by Gasteiger charge is -2.33. The number of nitrogens with zero attached hydrogens (tertiary/aromatic N) is 2. The highest BCUT2D eigenvalue weighted by molar-refractivity contribution is 5.81. The van der Waals surface area contributed by atoms with Crippen molar-refractivity contribution in [1.82, 2.24) is 15.1 Å². The Balaban J connectivity index is 1.33. The largest absolute Gasteiger partial charge is 0.355 e. The van der Waals surface area contributed by atoms with E-state index in [1.807, 2.05) is 40.1 Å². The summed E-state index contributed by atoms with van der Waals surface area (Å²) in [6.45, 7) is 3.42. The molecule has 3 amide bonds. The van der Waals surface area contributed by atoms with Gasteiger partial charge in [0.05, 0.1) is 6.42 Å². The molecular weight excluding hydrogens is 342 g/mol. The first kappa shape index (κ1) is 19.4. The van der Waals surface area contributed by atoms with Crippen LogP contribution < -0.4 is 5.32 Å². The molecule has 1 N–H and O–H groups in total. The highest BCUT2D eigenvalue weighted by Gasteiger charge is 2.30. The molecule has 6 nitrogen and oxygen atoms in total. The third-order valence-electron chi connectivity index (χ3n) is 5.48. The SMILES string of the molecule is O=C(Cc1ccccc1)NCCC(=O)N1CCC(C(=O)N2CCCC2)CC1. The van der Waals surface area contributed by atoms with Crippen LogP contribution in [0.1, 0.15) is 37.7 Å². The van der Waals surface area contributed by atoms with Crippen LogP contribution in [0, 0.1) is 5.92 Å². The van der Waals surface area contributed by atoms with Crippen LogP contribution in [0.25, 0.3) is 0 Å². The molecule has 2 heterocycles. The van der Waals surface area contributed by atoms with Gasteiger partial charge in [-0.05, 0) is 31.2 Å². The van der Waals surface area contributed by atoms with Gasteiger partial charge in [0.1, 0.15) is 0 Å². The normalized spacial score (nSPS) is 17.8. The highest BCUT2D eigenvalue weighted by Crippen LogP contribution is 2.22. The van der Waals surface area contributed by atoms with E-state index in [4.69, 9.17) is 0 Å². The summed E-state index contributed by atoms with van der Waals surface area (Å²) in [6, 6.07) is 9.56. The van der Waals surface area contributed by atoms with Crippen molar-refractivity contribution in [3.05, 3.63) is 35.9 Å². The van der Waals surface area contributed by atoms with Crippen LogP contribution in [0.4, 0.5) is 0 Å². The van der Waals surface area contributed by atoms with Gasteiger partial charge in [-0.15, -0.1) is 0 Å². The number of hydrogen-bond donors (Lipinski definition) is 1. The summed E-state index contributed by atoms with van der Waals surface area (Å²) >= 11 is 0. The van der Waals surface area contributed by atoms with Crippen LogP contribution in [0.15, 0.2) is 30.3 Å². The fraction of sp³-hybridized carbons (Fsp3) is 0.571. The van der Waals surface area contributed by atoms with Crippen molar-refractivity contribution >= 4 is 17.7 Å². The predicted molar refractivity (Wildman–Crippen MR) is 103 cm³/mol. The summed E-state index contributed by atoms with van der Waals surface area (Å²) < 4.78 is 0. The van der Waals surface area contributed by atoms with Gasteiger partial charge in [-0.25, -0.2) is 0 Å². The summed E-state index contributed by atoms with van der Waals surface area (Å²) in [5.74, 6) is 0.330. The first-order valence-corrected chi connectivity index (χ1v) is 10.0. The number of nitrogens with one attached hydrogen (secondary N) is 1. The maximum atomic E-state index is 12.4. The van der Waals surface area contributed by atoms with Crippen LogP contribution in [-0.2, 0) is 20.8 Å². The fourth-order valence-electron chi connectivity index (χ4n) is 3.88. The molecule has 0 unspecified atom stereocenters. The minimum atomic E-state index is -0.0658. The molecule has 0 spiro atoms. The first-order chi connectivity index (χ1) is 13.1. The molecule has 1 aromatic rings. The summed E-state index contributed by atoms with van der Waals surface area (Å²) in [5, 5.41) is 2.82. The molecule has 2 aliphatic heterocycles. The minimum absolute atomic E-state index is 0.0575. The van der Waals surface area contributed by atoms with E-state index >= 15 is 0 Å². The molecule has 0 bridgehead atoms. The summed E-state index contributed by atoms with van der Waals surface area (Å²) in [6.07, 6.45) is 4.37. The molecule has 1 aromatic carbocycles. The van der Waals surface area contributed by atoms with Crippen molar-refractivity contribution in [2.45, 2.75) is 38.5 Å². The monoisotopic (exact) mass is 371 g/mol. The number of rotatable bonds is 6. The van der Waals surface area contributed by atoms with Gasteiger partial charge in [-0.2, -0.15) is 0 Å². The Bertz CT molecular complexity index is 648. The molecule has 0 radical (unpaired) electrons. The van der Waals surface area contributed by atoms with Gasteiger partial charge >= 0.3 is 0 Å². The second-order valence-electron chi connectivity index (χ2n) is 7.45. The second kappa shape index (κ2) is 9.53. The number of piperidine rings is 1. The molecular formula is C21H29N3O3. The Morgan fingerprint density at radius 2 is 1.59 bits per heavy atom. The number of benzene rings is 1. The van der Waals surface area contributed by atoms with E-state index < -0.39 is 0 Å². The van der Waals surface area contributed by atoms with E-state index in [2.05, 4.69) is 5.32 Å². The van der Waals surface area contributed by atoms with Crippen LogP contribution in [-0.4, -0.2) is 60.2 Å². The smallest absolute Gasteiger partial charge is 0.225 e. The first-order valence-electron chi connectivity index (χ1n) is 10.0. The fourth-order valence-corrected chi connectivity index (χ4v) is 3.88. The van der Waals surface area contributed by atoms with Crippen LogP contribution >= 0.6 is 0 Å². The zero-order valence-electron chi connectivity index (χ0n) is 15.9. The van der Waals surface area contributed by atoms with Crippen molar-refractivity contribution < 1.29 is 14.4 Å². The molecule has 27 heavy (non-hydrogen) atoms. The number of likely N-dealkylation sites (tertiary alicyclic amines) is 2. The molecule has 0 saturated carbocycles. The maximum Gasteiger partial charge on any atom is 0.225 e. The van der Waals surface area contributed by atoms with E-state index in [0.29, 0.717) is 32.5 Å². The summed E-state index contributed by atoms with van der Waals surface area (Å²) in [7, 11) is 0. The average Bonchev–Trinajstić information content (AvgIpc) is 3.23. The molecule has 2 fully saturated rings. The molecule has 6 heteroatoms. The lowest BCUT2D eigenvalue weighted by atomic mass is 9.95. The van der Waals surface area contributed by atoms with Crippen molar-refractivity contribution in [2.24, 2.45) is 5.92 Å². The zero-order chi connectivity index (χ0) is 19.1. The van der Waals surface area contributed by atoms with E-state index in [-0.39, 0.29) is 23.6 Å². The highest BCUT2D eigenvalue weighted by atomic mass is 16.2. The Morgan fingerprint density at radius 1 is 0.926 bits per heavy atom. The van der Waals surface area contributed by atoms with Crippen LogP contribution in [0.5, 0.6) is 0 Å². The minimum Gasteiger partial charge on any atom is -0.355 e. The molecule has 0 aromatic heterocycles. The zero-order valence-corrected chi connectivity index (χ0v) is 15.9. The van der Waals surface area contributed by atoms with Gasteiger partial charge < -0.3 is 15.1 Å². The molecule has 0 aliphatic carbocycles.